The molecule has 1 fully saturated rings. The topological polar surface area (TPSA) is 67.9 Å². The number of thiocarbonyl (C=S) groups is 1. The molecule has 4 aromatic rings. The first-order valence-corrected chi connectivity index (χ1v) is 13.4. The monoisotopic (exact) mass is 572 g/mol. The number of rotatable bonds is 8. The fourth-order valence-electron chi connectivity index (χ4n) is 3.70. The summed E-state index contributed by atoms with van der Waals surface area (Å²) in [7, 11) is 0. The highest BCUT2D eigenvalue weighted by Crippen LogP contribution is 2.37. The summed E-state index contributed by atoms with van der Waals surface area (Å²) >= 11 is 12.7. The number of thioether (sulfide) groups is 1. The van der Waals surface area contributed by atoms with Crippen LogP contribution in [0.2, 0.25) is 5.02 Å². The van der Waals surface area contributed by atoms with Crippen LogP contribution in [0.1, 0.15) is 5.56 Å². The van der Waals surface area contributed by atoms with Gasteiger partial charge in [0.25, 0.3) is 11.8 Å². The first-order chi connectivity index (χ1) is 18.9. The van der Waals surface area contributed by atoms with Crippen LogP contribution in [0.3, 0.4) is 0 Å². The van der Waals surface area contributed by atoms with E-state index in [4.69, 9.17) is 33.3 Å². The number of ether oxygens (including phenoxy) is 2. The molecule has 5 rings (SSSR count). The zero-order chi connectivity index (χ0) is 27.2. The Labute approximate surface area is 240 Å². The number of anilines is 2. The number of hydrogen-bond donors (Lipinski definition) is 1. The molecule has 4 aromatic carbocycles. The molecule has 1 N–H and O–H groups in total. The van der Waals surface area contributed by atoms with E-state index in [9.17, 15) is 9.59 Å². The highest BCUT2D eigenvalue weighted by Gasteiger charge is 2.33. The van der Waals surface area contributed by atoms with Crippen molar-refractivity contribution in [3.8, 4) is 17.2 Å². The summed E-state index contributed by atoms with van der Waals surface area (Å²) in [5.41, 5.74) is 2.07. The van der Waals surface area contributed by atoms with Crippen molar-refractivity contribution >= 4 is 69.2 Å². The second-order valence-corrected chi connectivity index (χ2v) is 10.5. The van der Waals surface area contributed by atoms with Gasteiger partial charge >= 0.3 is 0 Å². The Morgan fingerprint density at radius 1 is 0.897 bits per heavy atom. The van der Waals surface area contributed by atoms with Crippen molar-refractivity contribution in [1.82, 2.24) is 0 Å². The maximum absolute atomic E-state index is 13.2. The van der Waals surface area contributed by atoms with Gasteiger partial charge in [0.05, 0.1) is 10.6 Å². The van der Waals surface area contributed by atoms with Crippen molar-refractivity contribution in [2.24, 2.45) is 0 Å². The van der Waals surface area contributed by atoms with Crippen LogP contribution < -0.4 is 19.7 Å². The maximum atomic E-state index is 13.2. The Balaban J connectivity index is 1.18. The number of nitrogens with one attached hydrogen (secondary N) is 1. The molecule has 0 saturated carbocycles. The summed E-state index contributed by atoms with van der Waals surface area (Å²) in [6.07, 6.45) is 1.78. The number of carbonyl (C=O) groups is 2. The number of hydrogen-bond acceptors (Lipinski definition) is 6. The van der Waals surface area contributed by atoms with Crippen LogP contribution in [-0.4, -0.2) is 22.7 Å². The van der Waals surface area contributed by atoms with Gasteiger partial charge in [0.1, 0.15) is 17.2 Å². The van der Waals surface area contributed by atoms with Crippen molar-refractivity contribution in [2.45, 2.75) is 0 Å². The Morgan fingerprint density at radius 2 is 1.59 bits per heavy atom. The lowest BCUT2D eigenvalue weighted by Crippen LogP contribution is -2.27. The van der Waals surface area contributed by atoms with E-state index in [-0.39, 0.29) is 18.4 Å². The zero-order valence-electron chi connectivity index (χ0n) is 20.4. The van der Waals surface area contributed by atoms with Crippen molar-refractivity contribution in [3.63, 3.8) is 0 Å². The minimum Gasteiger partial charge on any atom is -0.484 e. The van der Waals surface area contributed by atoms with Gasteiger partial charge in [-0.2, -0.15) is 0 Å². The van der Waals surface area contributed by atoms with Gasteiger partial charge in [0, 0.05) is 10.7 Å². The third-order valence-electron chi connectivity index (χ3n) is 5.52. The normalized spacial score (nSPS) is 14.0. The molecular weight excluding hydrogens is 552 g/mol. The van der Waals surface area contributed by atoms with Gasteiger partial charge in [-0.25, -0.2) is 0 Å². The molecule has 0 spiro atoms. The molecule has 1 heterocycles. The zero-order valence-corrected chi connectivity index (χ0v) is 22.8. The van der Waals surface area contributed by atoms with E-state index in [0.717, 1.165) is 11.3 Å². The second kappa shape index (κ2) is 12.2. The van der Waals surface area contributed by atoms with Crippen LogP contribution in [0.25, 0.3) is 6.08 Å². The summed E-state index contributed by atoms with van der Waals surface area (Å²) in [4.78, 5) is 27.3. The SMILES string of the molecule is O=C(COc1ccc(/C=C2\SC(=S)N(c3ccc(Oc4ccccc4)cc3)C2=O)cc1)Nc1cccc(Cl)c1. The molecule has 2 amide bonds. The average molecular weight is 573 g/mol. The van der Waals surface area contributed by atoms with Crippen LogP contribution >= 0.6 is 35.6 Å². The van der Waals surface area contributed by atoms with E-state index in [2.05, 4.69) is 5.32 Å². The van der Waals surface area contributed by atoms with Gasteiger partial charge in [-0.05, 0) is 78.4 Å². The van der Waals surface area contributed by atoms with E-state index in [1.165, 1.54) is 16.7 Å². The van der Waals surface area contributed by atoms with Crippen molar-refractivity contribution in [2.75, 3.05) is 16.8 Å². The van der Waals surface area contributed by atoms with Crippen LogP contribution in [0, 0.1) is 0 Å². The molecule has 9 heteroatoms. The Hall–Kier alpha value is -4.11. The molecule has 1 aliphatic rings. The molecule has 0 unspecified atom stereocenters. The van der Waals surface area contributed by atoms with Gasteiger partial charge in [-0.15, -0.1) is 0 Å². The quantitative estimate of drug-likeness (QED) is 0.174. The van der Waals surface area contributed by atoms with Gasteiger partial charge in [0.2, 0.25) is 0 Å². The van der Waals surface area contributed by atoms with Crippen LogP contribution in [0.5, 0.6) is 17.2 Å². The van der Waals surface area contributed by atoms with Gasteiger partial charge in [0.15, 0.2) is 10.9 Å². The molecular formula is C30H21ClN2O4S2. The number of para-hydroxylation sites is 1. The summed E-state index contributed by atoms with van der Waals surface area (Å²) in [6, 6.07) is 30.7. The lowest BCUT2D eigenvalue weighted by Gasteiger charge is -2.15. The maximum Gasteiger partial charge on any atom is 0.270 e. The van der Waals surface area contributed by atoms with Crippen molar-refractivity contribution in [1.29, 1.82) is 0 Å². The minimum atomic E-state index is -0.301. The van der Waals surface area contributed by atoms with Crippen LogP contribution in [-0.2, 0) is 9.59 Å². The van der Waals surface area contributed by atoms with Gasteiger partial charge in [-0.1, -0.05) is 72.0 Å². The predicted molar refractivity (Wildman–Crippen MR) is 161 cm³/mol. The van der Waals surface area contributed by atoms with Gasteiger partial charge < -0.3 is 14.8 Å². The van der Waals surface area contributed by atoms with Crippen molar-refractivity contribution in [3.05, 3.63) is 119 Å². The smallest absolute Gasteiger partial charge is 0.270 e. The van der Waals surface area contributed by atoms with E-state index in [1.807, 2.05) is 42.5 Å². The van der Waals surface area contributed by atoms with Crippen molar-refractivity contribution < 1.29 is 19.1 Å². The van der Waals surface area contributed by atoms with E-state index >= 15 is 0 Å². The third kappa shape index (κ3) is 6.86. The molecule has 0 bridgehead atoms. The Kier molecular flexibility index (Phi) is 8.27. The Morgan fingerprint density at radius 3 is 2.31 bits per heavy atom. The lowest BCUT2D eigenvalue weighted by molar-refractivity contribution is -0.118. The molecule has 1 aliphatic heterocycles. The fourth-order valence-corrected chi connectivity index (χ4v) is 5.19. The molecule has 0 aromatic heterocycles. The number of amides is 2. The first kappa shape index (κ1) is 26.5. The molecule has 0 radical (unpaired) electrons. The largest absolute Gasteiger partial charge is 0.484 e. The second-order valence-electron chi connectivity index (χ2n) is 8.34. The van der Waals surface area contributed by atoms with Crippen LogP contribution in [0.4, 0.5) is 11.4 Å². The first-order valence-electron chi connectivity index (χ1n) is 11.8. The number of nitrogens with zero attached hydrogens (tertiary/aromatic N) is 1. The molecule has 6 nitrogen and oxygen atoms in total. The third-order valence-corrected chi connectivity index (χ3v) is 7.06. The highest BCUT2D eigenvalue weighted by molar-refractivity contribution is 8.27. The van der Waals surface area contributed by atoms with E-state index in [0.29, 0.717) is 37.1 Å². The van der Waals surface area contributed by atoms with E-state index in [1.54, 1.807) is 66.7 Å². The van der Waals surface area contributed by atoms with Crippen LogP contribution in [0.15, 0.2) is 108 Å². The summed E-state index contributed by atoms with van der Waals surface area (Å²) in [5, 5.41) is 3.27. The Bertz CT molecular complexity index is 1540. The molecule has 1 saturated heterocycles. The molecule has 39 heavy (non-hydrogen) atoms. The highest BCUT2D eigenvalue weighted by atomic mass is 35.5. The van der Waals surface area contributed by atoms with E-state index < -0.39 is 0 Å². The summed E-state index contributed by atoms with van der Waals surface area (Å²) < 4.78 is 11.9. The van der Waals surface area contributed by atoms with Gasteiger partial charge in [-0.3, -0.25) is 14.5 Å². The number of carbonyl (C=O) groups excluding carboxylic acids is 2. The number of halogens is 1. The minimum absolute atomic E-state index is 0.153. The predicted octanol–water partition coefficient (Wildman–Crippen LogP) is 7.56. The molecule has 0 aliphatic carbocycles. The average Bonchev–Trinajstić information content (AvgIpc) is 3.21. The lowest BCUT2D eigenvalue weighted by atomic mass is 10.2. The standard InChI is InChI=1S/C30H21ClN2O4S2/c31-21-5-4-6-22(18-21)32-28(34)19-36-24-13-9-20(10-14-24)17-27-29(35)33(30(38)39-27)23-11-15-26(16-12-23)37-25-7-2-1-3-8-25/h1-18H,19H2,(H,32,34)/b27-17-. The summed E-state index contributed by atoms with van der Waals surface area (Å²) in [5.74, 6) is 1.43. The molecule has 194 valence electrons. The molecule has 0 atom stereocenters. The fraction of sp³-hybridized carbons (Fsp3) is 0.0333. The number of benzene rings is 4. The summed E-state index contributed by atoms with van der Waals surface area (Å²) in [6.45, 7) is -0.153.